The Hall–Kier alpha value is -0.960. The summed E-state index contributed by atoms with van der Waals surface area (Å²) in [5.74, 6) is 2.74. The first-order valence-electron chi connectivity index (χ1n) is 6.68. The van der Waals surface area contributed by atoms with Gasteiger partial charge in [-0.25, -0.2) is 4.98 Å². The molecular formula is C15H22N2S. The van der Waals surface area contributed by atoms with Crippen LogP contribution in [0.1, 0.15) is 31.7 Å². The van der Waals surface area contributed by atoms with E-state index in [9.17, 15) is 0 Å². The number of hydrogen-bond acceptors (Lipinski definition) is 2. The molecule has 2 rings (SSSR count). The van der Waals surface area contributed by atoms with Crippen molar-refractivity contribution < 1.29 is 0 Å². The van der Waals surface area contributed by atoms with Gasteiger partial charge in [-0.1, -0.05) is 19.9 Å². The summed E-state index contributed by atoms with van der Waals surface area (Å²) < 4.78 is 2.37. The van der Waals surface area contributed by atoms with E-state index in [4.69, 9.17) is 4.98 Å². The van der Waals surface area contributed by atoms with Crippen molar-refractivity contribution in [2.45, 2.75) is 40.2 Å². The standard InChI is InChI=1S/C15H22N2S/c1-11(2)6-8-17-14-5-4-12(3)10-13(14)16-15(17)7-9-18/h4-5,10-11,18H,6-9H2,1-3H3. The predicted molar refractivity (Wildman–Crippen MR) is 81.5 cm³/mol. The molecule has 0 unspecified atom stereocenters. The third-order valence-electron chi connectivity index (χ3n) is 3.25. The summed E-state index contributed by atoms with van der Waals surface area (Å²) in [7, 11) is 0. The van der Waals surface area contributed by atoms with Crippen LogP contribution in [0.4, 0.5) is 0 Å². The first kappa shape index (κ1) is 13.5. The highest BCUT2D eigenvalue weighted by molar-refractivity contribution is 7.80. The largest absolute Gasteiger partial charge is 0.328 e. The van der Waals surface area contributed by atoms with Gasteiger partial charge in [-0.05, 0) is 42.7 Å². The molecule has 0 saturated carbocycles. The zero-order valence-corrected chi connectivity index (χ0v) is 12.4. The van der Waals surface area contributed by atoms with Gasteiger partial charge in [0.25, 0.3) is 0 Å². The monoisotopic (exact) mass is 262 g/mol. The Labute approximate surface area is 115 Å². The molecule has 0 N–H and O–H groups in total. The van der Waals surface area contributed by atoms with E-state index in [0.717, 1.165) is 30.2 Å². The summed E-state index contributed by atoms with van der Waals surface area (Å²) in [5.41, 5.74) is 3.65. The van der Waals surface area contributed by atoms with Crippen LogP contribution in [0, 0.1) is 12.8 Å². The number of fused-ring (bicyclic) bond motifs is 1. The predicted octanol–water partition coefficient (Wildman–Crippen LogP) is 3.86. The van der Waals surface area contributed by atoms with E-state index in [1.54, 1.807) is 0 Å². The maximum Gasteiger partial charge on any atom is 0.110 e. The molecule has 0 saturated heterocycles. The van der Waals surface area contributed by atoms with Crippen LogP contribution in [-0.4, -0.2) is 15.3 Å². The fourth-order valence-corrected chi connectivity index (χ4v) is 2.42. The van der Waals surface area contributed by atoms with E-state index in [0.29, 0.717) is 0 Å². The molecule has 2 aromatic rings. The lowest BCUT2D eigenvalue weighted by Crippen LogP contribution is -2.06. The molecule has 0 fully saturated rings. The van der Waals surface area contributed by atoms with Gasteiger partial charge in [-0.3, -0.25) is 0 Å². The number of nitrogens with zero attached hydrogens (tertiary/aromatic N) is 2. The molecule has 0 amide bonds. The molecule has 2 nitrogen and oxygen atoms in total. The highest BCUT2D eigenvalue weighted by Gasteiger charge is 2.10. The van der Waals surface area contributed by atoms with Crippen molar-refractivity contribution in [1.82, 2.24) is 9.55 Å². The number of aryl methyl sites for hydroxylation is 3. The molecular weight excluding hydrogens is 240 g/mol. The Bertz CT molecular complexity index is 529. The second kappa shape index (κ2) is 5.79. The molecule has 0 aliphatic rings. The van der Waals surface area contributed by atoms with Crippen LogP contribution in [0.2, 0.25) is 0 Å². The zero-order chi connectivity index (χ0) is 13.1. The maximum atomic E-state index is 4.76. The van der Waals surface area contributed by atoms with Crippen molar-refractivity contribution in [3.05, 3.63) is 29.6 Å². The number of benzene rings is 1. The van der Waals surface area contributed by atoms with Crippen molar-refractivity contribution in [2.24, 2.45) is 5.92 Å². The Morgan fingerprint density at radius 3 is 2.78 bits per heavy atom. The van der Waals surface area contributed by atoms with Gasteiger partial charge in [0.05, 0.1) is 11.0 Å². The van der Waals surface area contributed by atoms with E-state index in [2.05, 4.69) is 56.2 Å². The molecule has 0 atom stereocenters. The van der Waals surface area contributed by atoms with Crippen molar-refractivity contribution in [3.8, 4) is 0 Å². The first-order chi connectivity index (χ1) is 8.61. The Kier molecular flexibility index (Phi) is 4.33. The molecule has 0 radical (unpaired) electrons. The second-order valence-electron chi connectivity index (χ2n) is 5.33. The van der Waals surface area contributed by atoms with E-state index in [1.165, 1.54) is 23.3 Å². The highest BCUT2D eigenvalue weighted by Crippen LogP contribution is 2.20. The molecule has 0 spiro atoms. The molecule has 3 heteroatoms. The van der Waals surface area contributed by atoms with E-state index in [-0.39, 0.29) is 0 Å². The summed E-state index contributed by atoms with van der Waals surface area (Å²) in [6.07, 6.45) is 2.13. The third-order valence-corrected chi connectivity index (χ3v) is 3.47. The van der Waals surface area contributed by atoms with Gasteiger partial charge in [0.2, 0.25) is 0 Å². The number of rotatable bonds is 5. The van der Waals surface area contributed by atoms with Gasteiger partial charge < -0.3 is 4.57 Å². The summed E-state index contributed by atoms with van der Waals surface area (Å²) >= 11 is 4.34. The fraction of sp³-hybridized carbons (Fsp3) is 0.533. The number of hydrogen-bond donors (Lipinski definition) is 1. The van der Waals surface area contributed by atoms with Gasteiger partial charge in [-0.15, -0.1) is 0 Å². The average molecular weight is 262 g/mol. The minimum Gasteiger partial charge on any atom is -0.328 e. The molecule has 0 bridgehead atoms. The Morgan fingerprint density at radius 2 is 2.11 bits per heavy atom. The molecule has 18 heavy (non-hydrogen) atoms. The lowest BCUT2D eigenvalue weighted by molar-refractivity contribution is 0.513. The molecule has 1 aromatic carbocycles. The third kappa shape index (κ3) is 2.89. The fourth-order valence-electron chi connectivity index (χ4n) is 2.22. The average Bonchev–Trinajstić information content (AvgIpc) is 2.63. The number of imidazole rings is 1. The van der Waals surface area contributed by atoms with E-state index >= 15 is 0 Å². The molecule has 1 heterocycles. The van der Waals surface area contributed by atoms with Crippen molar-refractivity contribution in [3.63, 3.8) is 0 Å². The van der Waals surface area contributed by atoms with Crippen LogP contribution in [-0.2, 0) is 13.0 Å². The van der Waals surface area contributed by atoms with Gasteiger partial charge >= 0.3 is 0 Å². The van der Waals surface area contributed by atoms with E-state index < -0.39 is 0 Å². The van der Waals surface area contributed by atoms with Gasteiger partial charge in [0.15, 0.2) is 0 Å². The van der Waals surface area contributed by atoms with Crippen LogP contribution in [0.25, 0.3) is 11.0 Å². The lowest BCUT2D eigenvalue weighted by atomic mass is 10.1. The Balaban J connectivity index is 2.41. The number of aromatic nitrogens is 2. The van der Waals surface area contributed by atoms with Crippen molar-refractivity contribution >= 4 is 23.7 Å². The molecule has 0 aliphatic carbocycles. The van der Waals surface area contributed by atoms with Crippen molar-refractivity contribution in [2.75, 3.05) is 5.75 Å². The minimum atomic E-state index is 0.719. The quantitative estimate of drug-likeness (QED) is 0.810. The summed E-state index contributed by atoms with van der Waals surface area (Å²) in [4.78, 5) is 4.76. The van der Waals surface area contributed by atoms with Gasteiger partial charge in [0, 0.05) is 13.0 Å². The van der Waals surface area contributed by atoms with Crippen LogP contribution in [0.15, 0.2) is 18.2 Å². The molecule has 1 aromatic heterocycles. The molecule has 98 valence electrons. The van der Waals surface area contributed by atoms with Gasteiger partial charge in [-0.2, -0.15) is 12.6 Å². The normalized spacial score (nSPS) is 11.6. The molecule has 0 aliphatic heterocycles. The second-order valence-corrected chi connectivity index (χ2v) is 5.78. The summed E-state index contributed by atoms with van der Waals surface area (Å²) in [5, 5.41) is 0. The lowest BCUT2D eigenvalue weighted by Gasteiger charge is -2.10. The first-order valence-corrected chi connectivity index (χ1v) is 7.31. The highest BCUT2D eigenvalue weighted by atomic mass is 32.1. The summed E-state index contributed by atoms with van der Waals surface area (Å²) in [6.45, 7) is 7.70. The SMILES string of the molecule is Cc1ccc2c(c1)nc(CCS)n2CCC(C)C. The van der Waals surface area contributed by atoms with Crippen LogP contribution < -0.4 is 0 Å². The van der Waals surface area contributed by atoms with E-state index in [1.807, 2.05) is 0 Å². The topological polar surface area (TPSA) is 17.8 Å². The summed E-state index contributed by atoms with van der Waals surface area (Å²) in [6, 6.07) is 6.53. The van der Waals surface area contributed by atoms with Crippen LogP contribution in [0.3, 0.4) is 0 Å². The van der Waals surface area contributed by atoms with Gasteiger partial charge in [0.1, 0.15) is 5.82 Å². The van der Waals surface area contributed by atoms with Crippen LogP contribution in [0.5, 0.6) is 0 Å². The van der Waals surface area contributed by atoms with Crippen molar-refractivity contribution in [1.29, 1.82) is 0 Å². The zero-order valence-electron chi connectivity index (χ0n) is 11.5. The maximum absolute atomic E-state index is 4.76. The Morgan fingerprint density at radius 1 is 1.33 bits per heavy atom. The smallest absolute Gasteiger partial charge is 0.110 e. The minimum absolute atomic E-state index is 0.719. The van der Waals surface area contributed by atoms with Crippen LogP contribution >= 0.6 is 12.6 Å². The number of thiol groups is 1.